The van der Waals surface area contributed by atoms with Crippen LogP contribution in [0.3, 0.4) is 0 Å². The first-order chi connectivity index (χ1) is 11.1. The zero-order valence-corrected chi connectivity index (χ0v) is 14.0. The van der Waals surface area contributed by atoms with E-state index < -0.39 is 5.25 Å². The second-order valence-electron chi connectivity index (χ2n) is 5.78. The molecule has 8 nitrogen and oxygen atoms in total. The van der Waals surface area contributed by atoms with Crippen molar-refractivity contribution in [2.75, 3.05) is 26.2 Å². The van der Waals surface area contributed by atoms with Crippen molar-refractivity contribution in [2.24, 2.45) is 0 Å². The minimum atomic E-state index is -0.442. The minimum absolute atomic E-state index is 0.235. The highest BCUT2D eigenvalue weighted by Gasteiger charge is 2.31. The van der Waals surface area contributed by atoms with E-state index in [0.717, 1.165) is 13.1 Å². The van der Waals surface area contributed by atoms with E-state index in [2.05, 4.69) is 20.4 Å². The lowest BCUT2D eigenvalue weighted by atomic mass is 10.1. The van der Waals surface area contributed by atoms with Crippen LogP contribution in [0.5, 0.6) is 0 Å². The van der Waals surface area contributed by atoms with Gasteiger partial charge >= 0.3 is 6.03 Å². The van der Waals surface area contributed by atoms with E-state index in [1.165, 1.54) is 35.9 Å². The minimum Gasteiger partial charge on any atom is -0.415 e. The molecule has 1 unspecified atom stereocenters. The lowest BCUT2D eigenvalue weighted by molar-refractivity contribution is -0.126. The van der Waals surface area contributed by atoms with Gasteiger partial charge in [-0.25, -0.2) is 4.79 Å². The molecule has 23 heavy (non-hydrogen) atoms. The Bertz CT molecular complexity index is 573. The number of thioether (sulfide) groups is 1. The number of piperidine rings is 1. The smallest absolute Gasteiger partial charge is 0.324 e. The maximum absolute atomic E-state index is 12.2. The largest absolute Gasteiger partial charge is 0.415 e. The van der Waals surface area contributed by atoms with Crippen LogP contribution < -0.4 is 5.32 Å². The van der Waals surface area contributed by atoms with Crippen molar-refractivity contribution in [3.63, 3.8) is 0 Å². The number of urea groups is 1. The van der Waals surface area contributed by atoms with E-state index in [0.29, 0.717) is 30.7 Å². The fraction of sp³-hybridized carbons (Fsp3) is 0.714. The first kappa shape index (κ1) is 16.3. The average Bonchev–Trinajstić information content (AvgIpc) is 3.16. The Balaban J connectivity index is 1.53. The third kappa shape index (κ3) is 4.03. The Labute approximate surface area is 139 Å². The highest BCUT2D eigenvalue weighted by atomic mass is 32.2. The van der Waals surface area contributed by atoms with Crippen molar-refractivity contribution in [3.8, 4) is 0 Å². The standard InChI is InChI=1S/C14H21N5O3S/c1-10(12(20)19-8-5-15-13(19)21)23-14-17-16-11(22-14)9-18-6-3-2-4-7-18/h10H,2-9H2,1H3,(H,15,21). The molecular formula is C14H21N5O3S. The molecule has 126 valence electrons. The summed E-state index contributed by atoms with van der Waals surface area (Å²) < 4.78 is 5.62. The van der Waals surface area contributed by atoms with Gasteiger partial charge in [0.05, 0.1) is 11.8 Å². The monoisotopic (exact) mass is 339 g/mol. The lowest BCUT2D eigenvalue weighted by Crippen LogP contribution is -2.38. The van der Waals surface area contributed by atoms with E-state index in [1.54, 1.807) is 6.92 Å². The SMILES string of the molecule is CC(Sc1nnc(CN2CCCCC2)o1)C(=O)N1CCNC1=O. The van der Waals surface area contributed by atoms with Crippen molar-refractivity contribution in [2.45, 2.75) is 43.2 Å². The molecule has 1 atom stereocenters. The van der Waals surface area contributed by atoms with Crippen LogP contribution in [0, 0.1) is 0 Å². The number of nitrogens with one attached hydrogen (secondary N) is 1. The third-order valence-corrected chi connectivity index (χ3v) is 4.93. The molecule has 3 heterocycles. The molecule has 3 rings (SSSR count). The quantitative estimate of drug-likeness (QED) is 0.803. The van der Waals surface area contributed by atoms with Crippen LogP contribution in [0.4, 0.5) is 4.79 Å². The summed E-state index contributed by atoms with van der Waals surface area (Å²) in [5, 5.41) is 10.6. The van der Waals surface area contributed by atoms with Crippen molar-refractivity contribution in [1.29, 1.82) is 0 Å². The van der Waals surface area contributed by atoms with Crippen LogP contribution >= 0.6 is 11.8 Å². The molecule has 3 amide bonds. The molecule has 0 saturated carbocycles. The number of amides is 3. The van der Waals surface area contributed by atoms with Crippen molar-refractivity contribution >= 4 is 23.7 Å². The van der Waals surface area contributed by atoms with Gasteiger partial charge < -0.3 is 9.73 Å². The number of carbonyl (C=O) groups excluding carboxylic acids is 2. The molecule has 0 aromatic carbocycles. The molecule has 2 aliphatic heterocycles. The van der Waals surface area contributed by atoms with E-state index in [9.17, 15) is 9.59 Å². The van der Waals surface area contributed by atoms with Gasteiger partial charge in [0, 0.05) is 13.1 Å². The van der Waals surface area contributed by atoms with Gasteiger partial charge in [-0.15, -0.1) is 10.2 Å². The van der Waals surface area contributed by atoms with Crippen molar-refractivity contribution in [1.82, 2.24) is 25.3 Å². The van der Waals surface area contributed by atoms with E-state index in [-0.39, 0.29) is 11.9 Å². The van der Waals surface area contributed by atoms with Gasteiger partial charge in [0.1, 0.15) is 0 Å². The first-order valence-corrected chi connectivity index (χ1v) is 8.82. The highest BCUT2D eigenvalue weighted by molar-refractivity contribution is 8.00. The summed E-state index contributed by atoms with van der Waals surface area (Å²) in [5.74, 6) is 0.341. The molecule has 1 aromatic heterocycles. The van der Waals surface area contributed by atoms with E-state index in [1.807, 2.05) is 0 Å². The maximum atomic E-state index is 12.2. The topological polar surface area (TPSA) is 91.6 Å². The Hall–Kier alpha value is -1.61. The predicted octanol–water partition coefficient (Wildman–Crippen LogP) is 1.09. The number of aromatic nitrogens is 2. The number of hydrogen-bond acceptors (Lipinski definition) is 7. The van der Waals surface area contributed by atoms with Crippen molar-refractivity contribution in [3.05, 3.63) is 5.89 Å². The predicted molar refractivity (Wildman–Crippen MR) is 83.9 cm³/mol. The second kappa shape index (κ2) is 7.31. The van der Waals surface area contributed by atoms with Crippen LogP contribution in [-0.4, -0.2) is 63.4 Å². The normalized spacial score (nSPS) is 20.6. The number of imide groups is 1. The number of hydrogen-bond donors (Lipinski definition) is 1. The zero-order chi connectivity index (χ0) is 16.2. The molecule has 0 bridgehead atoms. The maximum Gasteiger partial charge on any atom is 0.324 e. The first-order valence-electron chi connectivity index (χ1n) is 7.94. The molecule has 9 heteroatoms. The fourth-order valence-electron chi connectivity index (χ4n) is 2.76. The number of rotatable bonds is 5. The molecule has 2 aliphatic rings. The summed E-state index contributed by atoms with van der Waals surface area (Å²) in [7, 11) is 0. The van der Waals surface area contributed by atoms with E-state index in [4.69, 9.17) is 4.42 Å². The van der Waals surface area contributed by atoms with Gasteiger partial charge in [0.2, 0.25) is 11.8 Å². The van der Waals surface area contributed by atoms with Gasteiger partial charge in [-0.3, -0.25) is 14.6 Å². The Morgan fingerprint density at radius 1 is 1.30 bits per heavy atom. The average molecular weight is 339 g/mol. The summed E-state index contributed by atoms with van der Waals surface area (Å²) in [4.78, 5) is 27.3. The van der Waals surface area contributed by atoms with Gasteiger partial charge in [0.25, 0.3) is 5.22 Å². The van der Waals surface area contributed by atoms with Crippen LogP contribution in [0.2, 0.25) is 0 Å². The lowest BCUT2D eigenvalue weighted by Gasteiger charge is -2.24. The Morgan fingerprint density at radius 2 is 2.09 bits per heavy atom. The van der Waals surface area contributed by atoms with Gasteiger partial charge in [-0.05, 0) is 32.9 Å². The summed E-state index contributed by atoms with van der Waals surface area (Å²) >= 11 is 1.19. The van der Waals surface area contributed by atoms with Crippen LogP contribution in [0.15, 0.2) is 9.64 Å². The molecule has 0 radical (unpaired) electrons. The molecule has 1 aromatic rings. The molecule has 2 fully saturated rings. The van der Waals surface area contributed by atoms with Crippen LogP contribution in [0.25, 0.3) is 0 Å². The van der Waals surface area contributed by atoms with Crippen molar-refractivity contribution < 1.29 is 14.0 Å². The fourth-order valence-corrected chi connectivity index (χ4v) is 3.52. The molecule has 0 spiro atoms. The Morgan fingerprint density at radius 3 is 2.78 bits per heavy atom. The third-order valence-electron chi connectivity index (χ3n) is 4.00. The molecule has 0 aliphatic carbocycles. The summed E-state index contributed by atoms with van der Waals surface area (Å²) in [6, 6.07) is -0.334. The van der Waals surface area contributed by atoms with Gasteiger partial charge in [0.15, 0.2) is 0 Å². The highest BCUT2D eigenvalue weighted by Crippen LogP contribution is 2.24. The van der Waals surface area contributed by atoms with E-state index >= 15 is 0 Å². The zero-order valence-electron chi connectivity index (χ0n) is 13.2. The van der Waals surface area contributed by atoms with Crippen LogP contribution in [0.1, 0.15) is 32.1 Å². The van der Waals surface area contributed by atoms with Gasteiger partial charge in [-0.2, -0.15) is 0 Å². The molecular weight excluding hydrogens is 318 g/mol. The second-order valence-corrected chi connectivity index (χ2v) is 7.07. The summed E-state index contributed by atoms with van der Waals surface area (Å²) in [5.41, 5.74) is 0. The summed E-state index contributed by atoms with van der Waals surface area (Å²) in [6.45, 7) is 5.43. The number of carbonyl (C=O) groups is 2. The summed E-state index contributed by atoms with van der Waals surface area (Å²) in [6.07, 6.45) is 3.70. The number of nitrogens with zero attached hydrogens (tertiary/aromatic N) is 4. The van der Waals surface area contributed by atoms with Crippen LogP contribution in [-0.2, 0) is 11.3 Å². The molecule has 2 saturated heterocycles. The van der Waals surface area contributed by atoms with Gasteiger partial charge in [-0.1, -0.05) is 18.2 Å². The number of likely N-dealkylation sites (tertiary alicyclic amines) is 1. The Kier molecular flexibility index (Phi) is 5.16. The molecule has 1 N–H and O–H groups in total.